The Hall–Kier alpha value is -1.55. The molecular weight excluding hydrogens is 622 g/mol. The molecule has 0 amide bonds. The summed E-state index contributed by atoms with van der Waals surface area (Å²) in [5.41, 5.74) is -0.436. The van der Waals surface area contributed by atoms with E-state index >= 15 is 0 Å². The maximum atomic E-state index is 6.87. The molecule has 286 valence electrons. The van der Waals surface area contributed by atoms with Crippen molar-refractivity contribution >= 4 is 11.9 Å². The Morgan fingerprint density at radius 2 is 0.920 bits per heavy atom. The Labute approximate surface area is 306 Å². The summed E-state index contributed by atoms with van der Waals surface area (Å²) in [7, 11) is 0. The van der Waals surface area contributed by atoms with Crippen molar-refractivity contribution in [1.29, 1.82) is 0 Å². The number of unbranched alkanes of at least 4 members (excludes halogenated alkanes) is 2. The van der Waals surface area contributed by atoms with Crippen molar-refractivity contribution in [3.63, 3.8) is 0 Å². The maximum absolute atomic E-state index is 6.87. The number of nitrogens with zero attached hydrogens (tertiary/aromatic N) is 7. The molecule has 0 unspecified atom stereocenters. The number of hydroxylamine groups is 4. The van der Waals surface area contributed by atoms with E-state index in [2.05, 4.69) is 89.2 Å². The molecule has 2 saturated heterocycles. The van der Waals surface area contributed by atoms with E-state index in [1.54, 1.807) is 6.33 Å². The van der Waals surface area contributed by atoms with Gasteiger partial charge in [0.05, 0.1) is 12.2 Å². The summed E-state index contributed by atoms with van der Waals surface area (Å²) in [6, 6.07) is 0.630. The highest BCUT2D eigenvalue weighted by atomic mass is 16.7. The fourth-order valence-corrected chi connectivity index (χ4v) is 10.2. The first-order valence-corrected chi connectivity index (χ1v) is 20.8. The highest BCUT2D eigenvalue weighted by Gasteiger charge is 2.51. The van der Waals surface area contributed by atoms with Gasteiger partial charge >= 0.3 is 0 Å². The van der Waals surface area contributed by atoms with Crippen LogP contribution in [0, 0.1) is 0 Å². The van der Waals surface area contributed by atoms with Crippen molar-refractivity contribution in [1.82, 2.24) is 25.1 Å². The summed E-state index contributed by atoms with van der Waals surface area (Å²) < 4.78 is 0. The average molecular weight is 698 g/mol. The average Bonchev–Trinajstić information content (AvgIpc) is 3.05. The molecule has 4 aliphatic rings. The zero-order valence-electron chi connectivity index (χ0n) is 34.0. The summed E-state index contributed by atoms with van der Waals surface area (Å²) in [5, 5.41) is 4.76. The Morgan fingerprint density at radius 1 is 0.580 bits per heavy atom. The molecule has 5 rings (SSSR count). The fraction of sp³-hybridized carbons (Fsp3) is 0.927. The number of piperidine rings is 2. The van der Waals surface area contributed by atoms with Gasteiger partial charge in [0.1, 0.15) is 6.33 Å². The molecular formula is C41H75N7O2. The van der Waals surface area contributed by atoms with Crippen molar-refractivity contribution in [2.24, 2.45) is 0 Å². The summed E-state index contributed by atoms with van der Waals surface area (Å²) in [6.07, 6.45) is 23.5. The first-order chi connectivity index (χ1) is 23.7. The molecule has 1 aromatic rings. The molecule has 0 bridgehead atoms. The second-order valence-electron chi connectivity index (χ2n) is 18.9. The first kappa shape index (κ1) is 39.7. The molecule has 0 radical (unpaired) electrons. The van der Waals surface area contributed by atoms with Crippen molar-refractivity contribution in [3.8, 4) is 0 Å². The highest BCUT2D eigenvalue weighted by molar-refractivity contribution is 5.41. The summed E-state index contributed by atoms with van der Waals surface area (Å²) in [4.78, 5) is 34.0. The predicted octanol–water partition coefficient (Wildman–Crippen LogP) is 9.66. The minimum atomic E-state index is -0.109. The van der Waals surface area contributed by atoms with Crippen LogP contribution >= 0.6 is 0 Å². The number of anilines is 2. The molecule has 9 nitrogen and oxygen atoms in total. The standard InChI is InChI=1S/C41H75N7O2/c1-11-13-25-45(32-27-38(3,4)47(39(5,6)28-32)49-34-21-17-15-18-22-34)36-42-31-43-37(44-36)46(26-14-12-2)33-29-40(7,8)48(41(9,10)30-33)50-35-23-19-16-20-24-35/h31-35H,11-30H2,1-10H3. The minimum Gasteiger partial charge on any atom is -0.338 e. The van der Waals surface area contributed by atoms with Gasteiger partial charge in [-0.15, -0.1) is 0 Å². The lowest BCUT2D eigenvalue weighted by molar-refractivity contribution is -0.310. The van der Waals surface area contributed by atoms with Crippen LogP contribution in [-0.4, -0.2) is 84.6 Å². The molecule has 1 aromatic heterocycles. The van der Waals surface area contributed by atoms with Crippen molar-refractivity contribution < 1.29 is 9.68 Å². The third-order valence-corrected chi connectivity index (χ3v) is 12.2. The fourth-order valence-electron chi connectivity index (χ4n) is 10.2. The summed E-state index contributed by atoms with van der Waals surface area (Å²) >= 11 is 0. The Balaban J connectivity index is 1.39. The molecule has 0 aromatic carbocycles. The molecule has 0 spiro atoms. The Kier molecular flexibility index (Phi) is 13.2. The largest absolute Gasteiger partial charge is 0.338 e. The van der Waals surface area contributed by atoms with Gasteiger partial charge < -0.3 is 9.80 Å². The molecule has 4 fully saturated rings. The zero-order valence-corrected chi connectivity index (χ0v) is 34.0. The highest BCUT2D eigenvalue weighted by Crippen LogP contribution is 2.44. The molecule has 2 saturated carbocycles. The molecule has 2 aliphatic heterocycles. The molecule has 0 atom stereocenters. The lowest BCUT2D eigenvalue weighted by Crippen LogP contribution is -2.65. The molecule has 0 N–H and O–H groups in total. The van der Waals surface area contributed by atoms with Crippen LogP contribution in [0.4, 0.5) is 11.9 Å². The van der Waals surface area contributed by atoms with Gasteiger partial charge in [-0.05, 0) is 120 Å². The maximum Gasteiger partial charge on any atom is 0.230 e. The van der Waals surface area contributed by atoms with E-state index in [4.69, 9.17) is 24.6 Å². The monoisotopic (exact) mass is 698 g/mol. The third kappa shape index (κ3) is 9.51. The zero-order chi connectivity index (χ0) is 36.2. The smallest absolute Gasteiger partial charge is 0.230 e. The minimum absolute atomic E-state index is 0.109. The van der Waals surface area contributed by atoms with Crippen LogP contribution in [0.25, 0.3) is 0 Å². The van der Waals surface area contributed by atoms with E-state index in [0.717, 1.165) is 76.4 Å². The van der Waals surface area contributed by atoms with E-state index in [1.165, 1.54) is 64.2 Å². The van der Waals surface area contributed by atoms with Gasteiger partial charge in [-0.1, -0.05) is 65.2 Å². The van der Waals surface area contributed by atoms with Crippen molar-refractivity contribution in [3.05, 3.63) is 6.33 Å². The number of hydrogen-bond donors (Lipinski definition) is 0. The number of rotatable bonds is 14. The Morgan fingerprint density at radius 3 is 1.24 bits per heavy atom. The predicted molar refractivity (Wildman–Crippen MR) is 206 cm³/mol. The van der Waals surface area contributed by atoms with E-state index in [0.29, 0.717) is 24.3 Å². The van der Waals surface area contributed by atoms with Crippen LogP contribution < -0.4 is 9.80 Å². The van der Waals surface area contributed by atoms with E-state index in [-0.39, 0.29) is 22.2 Å². The van der Waals surface area contributed by atoms with Crippen LogP contribution in [0.1, 0.15) is 185 Å². The summed E-state index contributed by atoms with van der Waals surface area (Å²) in [6.45, 7) is 25.5. The molecule has 9 heteroatoms. The van der Waals surface area contributed by atoms with Gasteiger partial charge in [0.25, 0.3) is 0 Å². The SMILES string of the molecule is CCCCN(c1ncnc(N(CCCC)C2CC(C)(C)N(OC3CCCCC3)C(C)(C)C2)n1)C1CC(C)(C)N(OC2CCCCC2)C(C)(C)C1. The van der Waals surface area contributed by atoms with Gasteiger partial charge in [-0.25, -0.2) is 9.97 Å². The third-order valence-electron chi connectivity index (χ3n) is 12.2. The van der Waals surface area contributed by atoms with Crippen LogP contribution in [-0.2, 0) is 9.68 Å². The van der Waals surface area contributed by atoms with Crippen molar-refractivity contribution in [2.75, 3.05) is 22.9 Å². The van der Waals surface area contributed by atoms with Crippen LogP contribution in [0.5, 0.6) is 0 Å². The first-order valence-electron chi connectivity index (χ1n) is 20.8. The van der Waals surface area contributed by atoms with Crippen LogP contribution in [0.2, 0.25) is 0 Å². The molecule has 50 heavy (non-hydrogen) atoms. The van der Waals surface area contributed by atoms with Crippen molar-refractivity contribution in [2.45, 2.75) is 231 Å². The lowest BCUT2D eigenvalue weighted by atomic mass is 9.78. The van der Waals surface area contributed by atoms with Gasteiger partial charge in [-0.2, -0.15) is 15.1 Å². The summed E-state index contributed by atoms with van der Waals surface area (Å²) in [5.74, 6) is 1.67. The Bertz CT molecular complexity index is 1070. The quantitative estimate of drug-likeness (QED) is 0.189. The van der Waals surface area contributed by atoms with Gasteiger partial charge in [0, 0.05) is 47.3 Å². The van der Waals surface area contributed by atoms with Gasteiger partial charge in [-0.3, -0.25) is 9.68 Å². The second-order valence-corrected chi connectivity index (χ2v) is 18.9. The van der Waals surface area contributed by atoms with Crippen LogP contribution in [0.3, 0.4) is 0 Å². The number of hydrogen-bond acceptors (Lipinski definition) is 9. The lowest BCUT2D eigenvalue weighted by Gasteiger charge is -2.57. The van der Waals surface area contributed by atoms with E-state index < -0.39 is 0 Å². The second kappa shape index (κ2) is 16.6. The van der Waals surface area contributed by atoms with Crippen LogP contribution in [0.15, 0.2) is 6.33 Å². The normalized spacial score (nSPS) is 25.5. The van der Waals surface area contributed by atoms with Gasteiger partial charge in [0.2, 0.25) is 11.9 Å². The molecule has 3 heterocycles. The van der Waals surface area contributed by atoms with E-state index in [1.807, 2.05) is 0 Å². The molecule has 2 aliphatic carbocycles. The van der Waals surface area contributed by atoms with Gasteiger partial charge in [0.15, 0.2) is 0 Å². The number of aromatic nitrogens is 3. The topological polar surface area (TPSA) is 70.1 Å². The van der Waals surface area contributed by atoms with E-state index in [9.17, 15) is 0 Å².